The average Bonchev–Trinajstić information content (AvgIpc) is 2.56. The Kier molecular flexibility index (Phi) is 4.80. The molecule has 2 aromatic rings. The van der Waals surface area contributed by atoms with Gasteiger partial charge in [0.1, 0.15) is 16.9 Å². The molecule has 26 heavy (non-hydrogen) atoms. The third-order valence-corrected chi connectivity index (χ3v) is 5.04. The van der Waals surface area contributed by atoms with Crippen LogP contribution in [0.1, 0.15) is 37.0 Å². The largest absolute Gasteiger partial charge is 0.487 e. The summed E-state index contributed by atoms with van der Waals surface area (Å²) in [4.78, 5) is 26.1. The molecule has 1 aromatic heterocycles. The minimum absolute atomic E-state index is 0.0405. The fourth-order valence-corrected chi connectivity index (χ4v) is 3.30. The molecule has 1 N–H and O–H groups in total. The summed E-state index contributed by atoms with van der Waals surface area (Å²) in [5, 5.41) is 9.80. The second-order valence-corrected chi connectivity index (χ2v) is 7.53. The lowest BCUT2D eigenvalue weighted by Crippen LogP contribution is -2.33. The molecular formula is C20H25NO5. The summed E-state index contributed by atoms with van der Waals surface area (Å²) in [5.41, 5.74) is 1.95. The summed E-state index contributed by atoms with van der Waals surface area (Å²) in [7, 11) is 1.60. The maximum Gasteiger partial charge on any atom is 0.340 e. The average molecular weight is 359 g/mol. The number of fused-ring (bicyclic) bond motifs is 2. The molecule has 0 saturated carbocycles. The fourth-order valence-electron chi connectivity index (χ4n) is 3.30. The highest BCUT2D eigenvalue weighted by Gasteiger charge is 2.28. The molecule has 0 radical (unpaired) electrons. The molecule has 0 bridgehead atoms. The second-order valence-electron chi connectivity index (χ2n) is 7.53. The van der Waals surface area contributed by atoms with Crippen molar-refractivity contribution >= 4 is 16.9 Å². The SMILES string of the molecule is Cc1c(CC(=O)N(C)CCO)c(=O)oc2cc3c(cc12)CCC(C)(C)O3. The number of likely N-dealkylation sites (N-methyl/N-ethyl adjacent to an activating group) is 1. The topological polar surface area (TPSA) is 80.0 Å². The van der Waals surface area contributed by atoms with Gasteiger partial charge < -0.3 is 19.2 Å². The fraction of sp³-hybridized carbons (Fsp3) is 0.500. The Morgan fingerprint density at radius 3 is 2.77 bits per heavy atom. The Bertz CT molecular complexity index is 913. The number of hydrogen-bond donors (Lipinski definition) is 1. The smallest absolute Gasteiger partial charge is 0.340 e. The van der Waals surface area contributed by atoms with Crippen molar-refractivity contribution in [1.29, 1.82) is 0 Å². The van der Waals surface area contributed by atoms with Gasteiger partial charge >= 0.3 is 5.63 Å². The molecule has 0 aliphatic carbocycles. The van der Waals surface area contributed by atoms with E-state index in [0.717, 1.165) is 35.1 Å². The van der Waals surface area contributed by atoms with Gasteiger partial charge in [0.25, 0.3) is 0 Å². The van der Waals surface area contributed by atoms with Crippen molar-refractivity contribution in [3.05, 3.63) is 39.2 Å². The van der Waals surface area contributed by atoms with Gasteiger partial charge in [-0.15, -0.1) is 0 Å². The van der Waals surface area contributed by atoms with Crippen molar-refractivity contribution < 1.29 is 19.1 Å². The first kappa shape index (κ1) is 18.5. The van der Waals surface area contributed by atoms with E-state index in [1.165, 1.54) is 4.90 Å². The molecule has 1 aliphatic heterocycles. The van der Waals surface area contributed by atoms with Gasteiger partial charge in [-0.1, -0.05) is 0 Å². The number of nitrogens with zero attached hydrogens (tertiary/aromatic N) is 1. The highest BCUT2D eigenvalue weighted by atomic mass is 16.5. The molecule has 1 aromatic carbocycles. The van der Waals surface area contributed by atoms with E-state index in [1.807, 2.05) is 26.8 Å². The number of aliphatic hydroxyl groups is 1. The zero-order valence-corrected chi connectivity index (χ0v) is 15.7. The van der Waals surface area contributed by atoms with Gasteiger partial charge in [-0.05, 0) is 50.8 Å². The van der Waals surface area contributed by atoms with Crippen LogP contribution < -0.4 is 10.4 Å². The molecule has 0 spiro atoms. The number of carbonyl (C=O) groups is 1. The summed E-state index contributed by atoms with van der Waals surface area (Å²) in [6.07, 6.45) is 1.77. The highest BCUT2D eigenvalue weighted by molar-refractivity contribution is 5.86. The summed E-state index contributed by atoms with van der Waals surface area (Å²) < 4.78 is 11.5. The number of amides is 1. The molecule has 140 valence electrons. The lowest BCUT2D eigenvalue weighted by molar-refractivity contribution is -0.129. The van der Waals surface area contributed by atoms with E-state index < -0.39 is 5.63 Å². The number of hydrogen-bond acceptors (Lipinski definition) is 5. The predicted molar refractivity (Wildman–Crippen MR) is 98.7 cm³/mol. The molecule has 0 fully saturated rings. The molecule has 0 atom stereocenters. The zero-order valence-electron chi connectivity index (χ0n) is 15.7. The number of rotatable bonds is 4. The molecule has 0 saturated heterocycles. The van der Waals surface area contributed by atoms with Crippen LogP contribution in [0.5, 0.6) is 5.75 Å². The predicted octanol–water partition coefficient (Wildman–Crippen LogP) is 2.20. The second kappa shape index (κ2) is 6.76. The third-order valence-electron chi connectivity index (χ3n) is 5.04. The van der Waals surface area contributed by atoms with Crippen LogP contribution >= 0.6 is 0 Å². The lowest BCUT2D eigenvalue weighted by Gasteiger charge is -2.32. The van der Waals surface area contributed by atoms with Crippen molar-refractivity contribution in [3.8, 4) is 5.75 Å². The van der Waals surface area contributed by atoms with Crippen LogP contribution in [0.2, 0.25) is 0 Å². The maximum atomic E-state index is 12.4. The van der Waals surface area contributed by atoms with E-state index in [0.29, 0.717) is 11.1 Å². The minimum Gasteiger partial charge on any atom is -0.487 e. The number of carbonyl (C=O) groups excluding carboxylic acids is 1. The van der Waals surface area contributed by atoms with Gasteiger partial charge in [-0.3, -0.25) is 4.79 Å². The van der Waals surface area contributed by atoms with Gasteiger partial charge in [0.2, 0.25) is 5.91 Å². The van der Waals surface area contributed by atoms with Crippen LogP contribution in [-0.2, 0) is 17.6 Å². The van der Waals surface area contributed by atoms with Crippen molar-refractivity contribution in [1.82, 2.24) is 4.90 Å². The van der Waals surface area contributed by atoms with Crippen LogP contribution in [0.3, 0.4) is 0 Å². The highest BCUT2D eigenvalue weighted by Crippen LogP contribution is 2.36. The Morgan fingerprint density at radius 2 is 2.08 bits per heavy atom. The van der Waals surface area contributed by atoms with Gasteiger partial charge in [-0.25, -0.2) is 4.79 Å². The van der Waals surface area contributed by atoms with Crippen molar-refractivity contribution in [3.63, 3.8) is 0 Å². The van der Waals surface area contributed by atoms with E-state index >= 15 is 0 Å². The minimum atomic E-state index is -0.504. The number of ether oxygens (including phenoxy) is 1. The van der Waals surface area contributed by atoms with Gasteiger partial charge in [0.15, 0.2) is 0 Å². The molecule has 6 heteroatoms. The zero-order chi connectivity index (χ0) is 19.1. The van der Waals surface area contributed by atoms with Crippen LogP contribution in [-0.4, -0.2) is 41.7 Å². The monoisotopic (exact) mass is 359 g/mol. The van der Waals surface area contributed by atoms with Crippen LogP contribution in [0.4, 0.5) is 0 Å². The van der Waals surface area contributed by atoms with E-state index in [2.05, 4.69) is 0 Å². The first-order valence-electron chi connectivity index (χ1n) is 8.85. The standard InChI is InChI=1S/C20H25NO5/c1-12-14-9-13-5-6-20(2,3)26-16(13)11-17(14)25-19(24)15(12)10-18(23)21(4)7-8-22/h9,11,22H,5-8,10H2,1-4H3. The first-order chi connectivity index (χ1) is 12.2. The van der Waals surface area contributed by atoms with Crippen molar-refractivity contribution in [2.24, 2.45) is 0 Å². The first-order valence-corrected chi connectivity index (χ1v) is 8.85. The summed E-state index contributed by atoms with van der Waals surface area (Å²) in [6, 6.07) is 3.78. The third kappa shape index (κ3) is 3.46. The van der Waals surface area contributed by atoms with Gasteiger partial charge in [0, 0.05) is 25.0 Å². The molecule has 6 nitrogen and oxygen atoms in total. The lowest BCUT2D eigenvalue weighted by atomic mass is 9.92. The molecule has 3 rings (SSSR count). The maximum absolute atomic E-state index is 12.4. The number of benzene rings is 1. The van der Waals surface area contributed by atoms with E-state index in [-0.39, 0.29) is 31.1 Å². The molecule has 0 unspecified atom stereocenters. The number of aliphatic hydroxyl groups excluding tert-OH is 1. The van der Waals surface area contributed by atoms with Crippen LogP contribution in [0.25, 0.3) is 11.0 Å². The molecule has 1 aliphatic rings. The Hall–Kier alpha value is -2.34. The Labute approximate surface area is 152 Å². The van der Waals surface area contributed by atoms with Crippen LogP contribution in [0.15, 0.2) is 21.3 Å². The molecular weight excluding hydrogens is 334 g/mol. The van der Waals surface area contributed by atoms with Crippen molar-refractivity contribution in [2.75, 3.05) is 20.2 Å². The molecule has 2 heterocycles. The Balaban J connectivity index is 2.03. The normalized spacial score (nSPS) is 15.4. The number of aryl methyl sites for hydroxylation is 2. The summed E-state index contributed by atoms with van der Waals surface area (Å²) in [6.45, 7) is 6.04. The van der Waals surface area contributed by atoms with E-state index in [9.17, 15) is 9.59 Å². The summed E-state index contributed by atoms with van der Waals surface area (Å²) >= 11 is 0. The van der Waals surface area contributed by atoms with Crippen molar-refractivity contribution in [2.45, 2.75) is 45.6 Å². The van der Waals surface area contributed by atoms with E-state index in [4.69, 9.17) is 14.3 Å². The van der Waals surface area contributed by atoms with Gasteiger partial charge in [-0.2, -0.15) is 0 Å². The van der Waals surface area contributed by atoms with Gasteiger partial charge in [0.05, 0.1) is 18.6 Å². The quantitative estimate of drug-likeness (QED) is 0.847. The Morgan fingerprint density at radius 1 is 1.35 bits per heavy atom. The molecule has 1 amide bonds. The van der Waals surface area contributed by atoms with Crippen LogP contribution in [0, 0.1) is 6.92 Å². The van der Waals surface area contributed by atoms with E-state index in [1.54, 1.807) is 13.1 Å². The summed E-state index contributed by atoms with van der Waals surface area (Å²) in [5.74, 6) is 0.527.